The Kier molecular flexibility index (Phi) is 6.69. The second-order valence-corrected chi connectivity index (χ2v) is 8.49. The Bertz CT molecular complexity index is 1000. The minimum atomic E-state index is -0.410. The minimum absolute atomic E-state index is 0.206. The van der Waals surface area contributed by atoms with Crippen LogP contribution in [-0.2, 0) is 16.2 Å². The highest BCUT2D eigenvalue weighted by Gasteiger charge is 2.22. The minimum Gasteiger partial charge on any atom is -0.487 e. The number of aliphatic imine (C=N–C) groups is 1. The fourth-order valence-corrected chi connectivity index (χ4v) is 4.66. The molecule has 144 valence electrons. The number of carbonyl (C=O) groups excluding carboxylic acids is 2. The van der Waals surface area contributed by atoms with Crippen LogP contribution >= 0.6 is 43.6 Å². The van der Waals surface area contributed by atoms with Gasteiger partial charge in [-0.05, 0) is 85.1 Å². The van der Waals surface area contributed by atoms with E-state index < -0.39 is 5.91 Å². The zero-order chi connectivity index (χ0) is 20.3. The normalized spacial score (nSPS) is 14.9. The highest BCUT2D eigenvalue weighted by atomic mass is 79.9. The maximum atomic E-state index is 13.3. The summed E-state index contributed by atoms with van der Waals surface area (Å²) in [5.74, 6) is -0.453. The fraction of sp³-hybridized carbons (Fsp3) is 0.105. The van der Waals surface area contributed by atoms with Crippen LogP contribution in [0.25, 0.3) is 6.08 Å². The van der Waals surface area contributed by atoms with Crippen LogP contribution in [0.4, 0.5) is 4.39 Å². The summed E-state index contributed by atoms with van der Waals surface area (Å²) in [7, 11) is 0. The van der Waals surface area contributed by atoms with Crippen molar-refractivity contribution >= 4 is 66.7 Å². The molecule has 9 heteroatoms. The number of amides is 2. The maximum Gasteiger partial charge on any atom is 0.286 e. The molecule has 0 atom stereocenters. The number of nitrogens with one attached hydrogen (secondary N) is 1. The zero-order valence-corrected chi connectivity index (χ0v) is 18.5. The molecule has 0 aliphatic carbocycles. The van der Waals surface area contributed by atoms with Crippen molar-refractivity contribution < 1.29 is 18.7 Å². The number of rotatable bonds is 4. The molecule has 0 radical (unpaired) electrons. The van der Waals surface area contributed by atoms with Crippen molar-refractivity contribution in [3.63, 3.8) is 0 Å². The summed E-state index contributed by atoms with van der Waals surface area (Å²) in [5.41, 5.74) is 1.45. The van der Waals surface area contributed by atoms with E-state index in [0.717, 1.165) is 17.3 Å². The lowest BCUT2D eigenvalue weighted by atomic mass is 10.2. The molecule has 0 saturated carbocycles. The Labute approximate surface area is 181 Å². The highest BCUT2D eigenvalue weighted by molar-refractivity contribution is 9.11. The summed E-state index contributed by atoms with van der Waals surface area (Å²) in [6, 6.07) is 9.78. The van der Waals surface area contributed by atoms with E-state index in [0.29, 0.717) is 25.2 Å². The van der Waals surface area contributed by atoms with Gasteiger partial charge in [-0.3, -0.25) is 9.59 Å². The molecule has 3 rings (SSSR count). The van der Waals surface area contributed by atoms with Gasteiger partial charge in [0.05, 0.1) is 13.9 Å². The summed E-state index contributed by atoms with van der Waals surface area (Å²) in [6.07, 6.45) is 1.68. The van der Waals surface area contributed by atoms with Gasteiger partial charge in [0, 0.05) is 6.92 Å². The van der Waals surface area contributed by atoms with Crippen molar-refractivity contribution in [2.45, 2.75) is 13.5 Å². The number of nitrogens with zero attached hydrogens (tertiary/aromatic N) is 1. The Morgan fingerprint density at radius 3 is 2.64 bits per heavy atom. The summed E-state index contributed by atoms with van der Waals surface area (Å²) in [5, 5.41) is 2.76. The quantitative estimate of drug-likeness (QED) is 0.566. The lowest BCUT2D eigenvalue weighted by molar-refractivity contribution is -0.117. The Balaban J connectivity index is 1.75. The molecule has 1 aliphatic rings. The van der Waals surface area contributed by atoms with Crippen molar-refractivity contribution in [1.29, 1.82) is 0 Å². The van der Waals surface area contributed by atoms with Crippen molar-refractivity contribution in [3.8, 4) is 5.75 Å². The average molecular weight is 528 g/mol. The lowest BCUT2D eigenvalue weighted by Gasteiger charge is -2.12. The zero-order valence-electron chi connectivity index (χ0n) is 14.5. The van der Waals surface area contributed by atoms with E-state index in [1.54, 1.807) is 30.3 Å². The maximum absolute atomic E-state index is 13.3. The number of amidine groups is 1. The topological polar surface area (TPSA) is 67.8 Å². The highest BCUT2D eigenvalue weighted by Crippen LogP contribution is 2.37. The van der Waals surface area contributed by atoms with Crippen molar-refractivity contribution in [3.05, 3.63) is 67.2 Å². The molecule has 1 heterocycles. The van der Waals surface area contributed by atoms with Gasteiger partial charge in [0.1, 0.15) is 18.2 Å². The first-order valence-electron chi connectivity index (χ1n) is 7.98. The number of hydrogen-bond acceptors (Lipinski definition) is 4. The SMILES string of the molecule is CC(=O)NC1=NC(=O)/C(=C\c2cc(Br)c(OCc3cccc(F)c3)c(Br)c2)S1. The number of thioether (sulfide) groups is 1. The predicted octanol–water partition coefficient (Wildman–Crippen LogP) is 5.04. The first kappa shape index (κ1) is 20.8. The van der Waals surface area contributed by atoms with Gasteiger partial charge in [-0.1, -0.05) is 12.1 Å². The van der Waals surface area contributed by atoms with Crippen LogP contribution in [0.2, 0.25) is 0 Å². The smallest absolute Gasteiger partial charge is 0.286 e. The average Bonchev–Trinajstić information content (AvgIpc) is 2.92. The molecule has 5 nitrogen and oxygen atoms in total. The monoisotopic (exact) mass is 526 g/mol. The van der Waals surface area contributed by atoms with Crippen LogP contribution in [0, 0.1) is 5.82 Å². The fourth-order valence-electron chi connectivity index (χ4n) is 2.35. The van der Waals surface area contributed by atoms with Crippen molar-refractivity contribution in [2.24, 2.45) is 4.99 Å². The Morgan fingerprint density at radius 2 is 2.00 bits per heavy atom. The third kappa shape index (κ3) is 5.30. The number of benzene rings is 2. The number of ether oxygens (including phenoxy) is 1. The van der Waals surface area contributed by atoms with Crippen LogP contribution in [0.3, 0.4) is 0 Å². The van der Waals surface area contributed by atoms with E-state index in [9.17, 15) is 14.0 Å². The summed E-state index contributed by atoms with van der Waals surface area (Å²) < 4.78 is 20.4. The molecule has 1 N–H and O–H groups in total. The van der Waals surface area contributed by atoms with E-state index in [1.165, 1.54) is 19.1 Å². The van der Waals surface area contributed by atoms with E-state index >= 15 is 0 Å². The standard InChI is InChI=1S/C19H13Br2FN2O3S/c1-10(25)23-19-24-18(26)16(28-19)8-12-6-14(20)17(15(21)7-12)27-9-11-3-2-4-13(22)5-11/h2-8H,9H2,1H3,(H,23,24,25,26)/b16-8+. The van der Waals surface area contributed by atoms with Crippen molar-refractivity contribution in [2.75, 3.05) is 0 Å². The molecule has 0 saturated heterocycles. The molecular formula is C19H13Br2FN2O3S. The largest absolute Gasteiger partial charge is 0.487 e. The molecule has 0 aromatic heterocycles. The van der Waals surface area contributed by atoms with Crippen LogP contribution < -0.4 is 10.1 Å². The molecule has 2 aromatic rings. The summed E-state index contributed by atoms with van der Waals surface area (Å²) in [4.78, 5) is 27.3. The van der Waals surface area contributed by atoms with Crippen LogP contribution in [0.5, 0.6) is 5.75 Å². The van der Waals surface area contributed by atoms with E-state index in [1.807, 2.05) is 0 Å². The van der Waals surface area contributed by atoms with E-state index in [2.05, 4.69) is 42.2 Å². The third-order valence-corrected chi connectivity index (χ3v) is 5.57. The van der Waals surface area contributed by atoms with Crippen LogP contribution in [0.15, 0.2) is 55.2 Å². The third-order valence-electron chi connectivity index (χ3n) is 3.49. The molecule has 2 amide bonds. The van der Waals surface area contributed by atoms with Crippen molar-refractivity contribution in [1.82, 2.24) is 5.32 Å². The van der Waals surface area contributed by atoms with Gasteiger partial charge in [-0.2, -0.15) is 4.99 Å². The van der Waals surface area contributed by atoms with Gasteiger partial charge in [-0.25, -0.2) is 4.39 Å². The first-order chi connectivity index (χ1) is 13.3. The molecule has 0 fully saturated rings. The molecule has 2 aromatic carbocycles. The van der Waals surface area contributed by atoms with Gasteiger partial charge in [-0.15, -0.1) is 0 Å². The van der Waals surface area contributed by atoms with Gasteiger partial charge >= 0.3 is 0 Å². The second kappa shape index (κ2) is 9.02. The summed E-state index contributed by atoms with van der Waals surface area (Å²) in [6.45, 7) is 1.56. The second-order valence-electron chi connectivity index (χ2n) is 5.75. The molecule has 1 aliphatic heterocycles. The number of halogens is 3. The Morgan fingerprint density at radius 1 is 1.29 bits per heavy atom. The van der Waals surface area contributed by atoms with Gasteiger partial charge < -0.3 is 10.1 Å². The van der Waals surface area contributed by atoms with Gasteiger partial charge in [0.25, 0.3) is 5.91 Å². The van der Waals surface area contributed by atoms with E-state index in [-0.39, 0.29) is 23.5 Å². The number of hydrogen-bond donors (Lipinski definition) is 1. The molecule has 28 heavy (non-hydrogen) atoms. The molecule has 0 bridgehead atoms. The summed E-state index contributed by atoms with van der Waals surface area (Å²) >= 11 is 8.02. The van der Waals surface area contributed by atoms with Gasteiger partial charge in [0.15, 0.2) is 5.17 Å². The lowest BCUT2D eigenvalue weighted by Crippen LogP contribution is -2.23. The molecule has 0 unspecified atom stereocenters. The Hall–Kier alpha value is -1.97. The molecular weight excluding hydrogens is 515 g/mol. The van der Waals surface area contributed by atoms with Crippen LogP contribution in [0.1, 0.15) is 18.1 Å². The molecule has 0 spiro atoms. The van der Waals surface area contributed by atoms with E-state index in [4.69, 9.17) is 4.74 Å². The number of carbonyl (C=O) groups is 2. The van der Waals surface area contributed by atoms with Crippen LogP contribution in [-0.4, -0.2) is 17.0 Å². The first-order valence-corrected chi connectivity index (χ1v) is 10.4. The predicted molar refractivity (Wildman–Crippen MR) is 114 cm³/mol. The van der Waals surface area contributed by atoms with Gasteiger partial charge in [0.2, 0.25) is 5.91 Å².